The van der Waals surface area contributed by atoms with Crippen LogP contribution in [0.3, 0.4) is 0 Å². The first-order chi connectivity index (χ1) is 13.9. The van der Waals surface area contributed by atoms with E-state index in [1.807, 2.05) is 11.0 Å². The van der Waals surface area contributed by atoms with Gasteiger partial charge in [-0.15, -0.1) is 0 Å². The lowest BCUT2D eigenvalue weighted by Gasteiger charge is -2.36. The molecule has 0 saturated carbocycles. The maximum Gasteiger partial charge on any atom is 0.312 e. The summed E-state index contributed by atoms with van der Waals surface area (Å²) in [5.41, 5.74) is 0.688. The number of carbonyl (C=O) groups excluding carboxylic acids is 3. The fraction of sp³-hybridized carbons (Fsp3) is 0.591. The highest BCUT2D eigenvalue weighted by Crippen LogP contribution is 2.29. The lowest BCUT2D eigenvalue weighted by Crippen LogP contribution is -2.48. The third-order valence-corrected chi connectivity index (χ3v) is 5.85. The Bertz CT molecular complexity index is 765. The molecular formula is C22H30N2O5. The van der Waals surface area contributed by atoms with Gasteiger partial charge in [-0.2, -0.15) is 0 Å². The van der Waals surface area contributed by atoms with Crippen molar-refractivity contribution in [3.63, 3.8) is 0 Å². The van der Waals surface area contributed by atoms with Crippen molar-refractivity contribution < 1.29 is 23.9 Å². The second-order valence-electron chi connectivity index (χ2n) is 7.78. The van der Waals surface area contributed by atoms with E-state index in [0.29, 0.717) is 18.0 Å². The van der Waals surface area contributed by atoms with Crippen LogP contribution in [-0.4, -0.2) is 55.0 Å². The highest BCUT2D eigenvalue weighted by molar-refractivity contribution is 5.99. The molecule has 7 nitrogen and oxygen atoms in total. The molecule has 2 fully saturated rings. The van der Waals surface area contributed by atoms with E-state index < -0.39 is 18.0 Å². The van der Waals surface area contributed by atoms with Crippen LogP contribution in [0.15, 0.2) is 24.3 Å². The molecule has 0 spiro atoms. The van der Waals surface area contributed by atoms with Crippen molar-refractivity contribution in [3.8, 4) is 5.75 Å². The maximum atomic E-state index is 12.8. The van der Waals surface area contributed by atoms with E-state index in [2.05, 4.69) is 6.92 Å². The molecule has 158 valence electrons. The fourth-order valence-electron chi connectivity index (χ4n) is 4.16. The zero-order chi connectivity index (χ0) is 21.0. The van der Waals surface area contributed by atoms with Crippen LogP contribution in [0.25, 0.3) is 0 Å². The third kappa shape index (κ3) is 4.71. The number of esters is 1. The molecule has 0 bridgehead atoms. The van der Waals surface area contributed by atoms with Gasteiger partial charge in [0, 0.05) is 37.3 Å². The molecule has 1 aromatic rings. The Kier molecular flexibility index (Phi) is 6.77. The molecule has 29 heavy (non-hydrogen) atoms. The van der Waals surface area contributed by atoms with Crippen LogP contribution in [0.5, 0.6) is 5.75 Å². The Morgan fingerprint density at radius 2 is 2.07 bits per heavy atom. The zero-order valence-corrected chi connectivity index (χ0v) is 17.4. The maximum absolute atomic E-state index is 12.8. The molecule has 2 aliphatic heterocycles. The average Bonchev–Trinajstić information content (AvgIpc) is 3.14. The van der Waals surface area contributed by atoms with E-state index in [1.165, 1.54) is 0 Å². The van der Waals surface area contributed by atoms with Crippen LogP contribution in [0.2, 0.25) is 0 Å². The van der Waals surface area contributed by atoms with Crippen LogP contribution in [0.4, 0.5) is 5.69 Å². The third-order valence-electron chi connectivity index (χ3n) is 5.85. The molecule has 3 rings (SSSR count). The number of rotatable bonds is 6. The molecule has 1 aromatic carbocycles. The number of carbonyl (C=O) groups is 3. The lowest BCUT2D eigenvalue weighted by molar-refractivity contribution is -0.163. The molecule has 3 unspecified atom stereocenters. The number of methoxy groups -OCH3 is 1. The van der Waals surface area contributed by atoms with Gasteiger partial charge in [-0.25, -0.2) is 0 Å². The predicted octanol–water partition coefficient (Wildman–Crippen LogP) is 2.77. The van der Waals surface area contributed by atoms with Crippen LogP contribution in [0.1, 0.15) is 46.0 Å². The van der Waals surface area contributed by atoms with Crippen molar-refractivity contribution in [1.82, 2.24) is 4.90 Å². The van der Waals surface area contributed by atoms with E-state index >= 15 is 0 Å². The van der Waals surface area contributed by atoms with Gasteiger partial charge >= 0.3 is 5.97 Å². The van der Waals surface area contributed by atoms with Crippen molar-refractivity contribution in [1.29, 1.82) is 0 Å². The molecule has 2 saturated heterocycles. The summed E-state index contributed by atoms with van der Waals surface area (Å²) in [5.74, 6) is -0.699. The van der Waals surface area contributed by atoms with E-state index in [4.69, 9.17) is 9.47 Å². The van der Waals surface area contributed by atoms with E-state index in [9.17, 15) is 14.4 Å². The molecule has 3 atom stereocenters. The second kappa shape index (κ2) is 9.29. The van der Waals surface area contributed by atoms with Gasteiger partial charge in [0.25, 0.3) is 5.91 Å². The van der Waals surface area contributed by atoms with Crippen LogP contribution < -0.4 is 9.64 Å². The Hall–Kier alpha value is -2.57. The summed E-state index contributed by atoms with van der Waals surface area (Å²) in [6.45, 7) is 4.65. The fourth-order valence-corrected chi connectivity index (χ4v) is 4.16. The van der Waals surface area contributed by atoms with Crippen molar-refractivity contribution in [2.75, 3.05) is 25.1 Å². The number of ether oxygens (including phenoxy) is 2. The Morgan fingerprint density at radius 1 is 1.28 bits per heavy atom. The van der Waals surface area contributed by atoms with Gasteiger partial charge in [0.05, 0.1) is 13.0 Å². The number of anilines is 1. The largest absolute Gasteiger partial charge is 0.497 e. The number of amides is 2. The zero-order valence-electron chi connectivity index (χ0n) is 17.4. The number of benzene rings is 1. The number of hydrogen-bond donors (Lipinski definition) is 0. The molecule has 0 aromatic heterocycles. The standard InChI is InChI=1S/C22H30N2O5/c1-4-17-8-5-6-11-23(17)21(26)15(2)29-22(27)16-12-20(25)24(14-16)18-9-7-10-19(13-18)28-3/h7,9-10,13,15-17H,4-6,8,11-12,14H2,1-3H3. The highest BCUT2D eigenvalue weighted by Gasteiger charge is 2.38. The van der Waals surface area contributed by atoms with Crippen LogP contribution in [0, 0.1) is 5.92 Å². The Labute approximate surface area is 171 Å². The minimum absolute atomic E-state index is 0.0816. The minimum atomic E-state index is -0.837. The quantitative estimate of drug-likeness (QED) is 0.684. The number of likely N-dealkylation sites (tertiary alicyclic amines) is 1. The van der Waals surface area contributed by atoms with Gasteiger partial charge in [0.2, 0.25) is 5.91 Å². The molecule has 2 amide bonds. The van der Waals surface area contributed by atoms with Gasteiger partial charge in [-0.3, -0.25) is 14.4 Å². The van der Waals surface area contributed by atoms with Gasteiger partial charge in [0.15, 0.2) is 6.10 Å². The molecule has 0 N–H and O–H groups in total. The van der Waals surface area contributed by atoms with Crippen molar-refractivity contribution in [2.45, 2.75) is 58.1 Å². The summed E-state index contributed by atoms with van der Waals surface area (Å²) in [6.07, 6.45) is 3.25. The first-order valence-electron chi connectivity index (χ1n) is 10.4. The topological polar surface area (TPSA) is 76.2 Å². The average molecular weight is 402 g/mol. The van der Waals surface area contributed by atoms with E-state index in [1.54, 1.807) is 37.1 Å². The Balaban J connectivity index is 1.60. The smallest absolute Gasteiger partial charge is 0.312 e. The van der Waals surface area contributed by atoms with Crippen molar-refractivity contribution in [2.24, 2.45) is 5.92 Å². The summed E-state index contributed by atoms with van der Waals surface area (Å²) >= 11 is 0. The number of hydrogen-bond acceptors (Lipinski definition) is 5. The van der Waals surface area contributed by atoms with E-state index in [0.717, 1.165) is 25.7 Å². The monoisotopic (exact) mass is 402 g/mol. The Morgan fingerprint density at radius 3 is 2.79 bits per heavy atom. The summed E-state index contributed by atoms with van der Waals surface area (Å²) in [4.78, 5) is 41.3. The van der Waals surface area contributed by atoms with Crippen molar-refractivity contribution >= 4 is 23.5 Å². The molecule has 2 aliphatic rings. The summed E-state index contributed by atoms with van der Waals surface area (Å²) < 4.78 is 10.7. The number of piperidine rings is 1. The summed E-state index contributed by atoms with van der Waals surface area (Å²) in [6, 6.07) is 7.39. The van der Waals surface area contributed by atoms with Crippen molar-refractivity contribution in [3.05, 3.63) is 24.3 Å². The molecule has 0 radical (unpaired) electrons. The predicted molar refractivity (Wildman–Crippen MR) is 109 cm³/mol. The summed E-state index contributed by atoms with van der Waals surface area (Å²) in [5, 5.41) is 0. The van der Waals surface area contributed by atoms with Gasteiger partial charge < -0.3 is 19.3 Å². The molecule has 2 heterocycles. The normalized spacial score (nSPS) is 23.1. The highest BCUT2D eigenvalue weighted by atomic mass is 16.5. The second-order valence-corrected chi connectivity index (χ2v) is 7.78. The van der Waals surface area contributed by atoms with Gasteiger partial charge in [-0.05, 0) is 44.7 Å². The van der Waals surface area contributed by atoms with Crippen LogP contribution >= 0.6 is 0 Å². The van der Waals surface area contributed by atoms with E-state index in [-0.39, 0.29) is 30.8 Å². The van der Waals surface area contributed by atoms with Crippen LogP contribution in [-0.2, 0) is 19.1 Å². The lowest BCUT2D eigenvalue weighted by atomic mass is 9.99. The summed E-state index contributed by atoms with van der Waals surface area (Å²) in [7, 11) is 1.56. The molecular weight excluding hydrogens is 372 g/mol. The SMILES string of the molecule is CCC1CCCCN1C(=O)C(C)OC(=O)C1CC(=O)N(c2cccc(OC)c2)C1. The van der Waals surface area contributed by atoms with Gasteiger partial charge in [0.1, 0.15) is 5.75 Å². The molecule has 0 aliphatic carbocycles. The minimum Gasteiger partial charge on any atom is -0.497 e. The van der Waals surface area contributed by atoms with Gasteiger partial charge in [-0.1, -0.05) is 13.0 Å². The molecule has 7 heteroatoms. The first kappa shape index (κ1) is 21.1. The first-order valence-corrected chi connectivity index (χ1v) is 10.4. The number of nitrogens with zero attached hydrogens (tertiary/aromatic N) is 2.